The quantitative estimate of drug-likeness (QED) is 0.183. The van der Waals surface area contributed by atoms with Gasteiger partial charge in [0.25, 0.3) is 0 Å². The Morgan fingerprint density at radius 3 is 2.66 bits per heavy atom. The number of anilines is 1. The molecule has 0 saturated heterocycles. The highest BCUT2D eigenvalue weighted by molar-refractivity contribution is 7.99. The van der Waals surface area contributed by atoms with E-state index in [9.17, 15) is 9.59 Å². The average molecular weight is 567 g/mol. The van der Waals surface area contributed by atoms with E-state index in [0.717, 1.165) is 29.8 Å². The molecule has 0 aliphatic heterocycles. The molecule has 1 aromatic carbocycles. The number of thiophene rings is 2. The minimum absolute atomic E-state index is 0.139. The fraction of sp³-hybridized carbons (Fsp3) is 0.357. The topological polar surface area (TPSA) is 86.1 Å². The molecule has 0 bridgehead atoms. The fourth-order valence-electron chi connectivity index (χ4n) is 4.77. The lowest BCUT2D eigenvalue weighted by Crippen LogP contribution is -2.16. The number of carbonyl (C=O) groups excluding carboxylic acids is 2. The first kappa shape index (κ1) is 26.6. The van der Waals surface area contributed by atoms with Gasteiger partial charge in [0.1, 0.15) is 10.6 Å². The predicted octanol–water partition coefficient (Wildman–Crippen LogP) is 6.96. The zero-order valence-electron chi connectivity index (χ0n) is 21.8. The maximum absolute atomic E-state index is 13.0. The highest BCUT2D eigenvalue weighted by Crippen LogP contribution is 2.40. The van der Waals surface area contributed by atoms with E-state index in [2.05, 4.69) is 46.2 Å². The van der Waals surface area contributed by atoms with Gasteiger partial charge in [0.15, 0.2) is 11.0 Å². The zero-order valence-corrected chi connectivity index (χ0v) is 24.3. The van der Waals surface area contributed by atoms with Crippen molar-refractivity contribution in [1.82, 2.24) is 14.8 Å². The number of aromatic nitrogens is 3. The van der Waals surface area contributed by atoms with Gasteiger partial charge in [-0.25, -0.2) is 4.79 Å². The Bertz CT molecular complexity index is 1460. The second-order valence-electron chi connectivity index (χ2n) is 9.72. The Hall–Kier alpha value is -2.95. The number of amides is 1. The highest BCUT2D eigenvalue weighted by Gasteiger charge is 2.26. The Morgan fingerprint density at radius 2 is 1.92 bits per heavy atom. The van der Waals surface area contributed by atoms with E-state index in [-0.39, 0.29) is 17.7 Å². The van der Waals surface area contributed by atoms with E-state index in [1.54, 1.807) is 0 Å². The largest absolute Gasteiger partial charge is 0.465 e. The van der Waals surface area contributed by atoms with Gasteiger partial charge in [0.2, 0.25) is 5.91 Å². The minimum Gasteiger partial charge on any atom is -0.465 e. The van der Waals surface area contributed by atoms with Crippen molar-refractivity contribution in [1.29, 1.82) is 0 Å². The van der Waals surface area contributed by atoms with Gasteiger partial charge in [-0.2, -0.15) is 0 Å². The number of thioether (sulfide) groups is 1. The number of ether oxygens (including phenoxy) is 1. The number of nitrogens with zero attached hydrogens (tertiary/aromatic N) is 3. The highest BCUT2D eigenvalue weighted by atomic mass is 32.2. The summed E-state index contributed by atoms with van der Waals surface area (Å²) in [5.41, 5.74) is 4.57. The number of nitrogens with one attached hydrogen (secondary N) is 1. The summed E-state index contributed by atoms with van der Waals surface area (Å²) >= 11 is 4.48. The van der Waals surface area contributed by atoms with E-state index in [1.807, 2.05) is 47.0 Å². The van der Waals surface area contributed by atoms with Gasteiger partial charge in [-0.05, 0) is 50.2 Å². The van der Waals surface area contributed by atoms with Gasteiger partial charge in [-0.3, -0.25) is 9.36 Å². The number of fused-ring (bicyclic) bond motifs is 1. The van der Waals surface area contributed by atoms with Gasteiger partial charge in [-0.15, -0.1) is 32.9 Å². The molecule has 0 fully saturated rings. The summed E-state index contributed by atoms with van der Waals surface area (Å²) < 4.78 is 7.15. The molecule has 3 aromatic heterocycles. The first-order valence-electron chi connectivity index (χ1n) is 12.6. The van der Waals surface area contributed by atoms with Crippen LogP contribution in [0.25, 0.3) is 22.5 Å². The molecule has 4 aromatic rings. The average Bonchev–Trinajstić information content (AvgIpc) is 3.63. The third kappa shape index (κ3) is 5.30. The first-order valence-corrected chi connectivity index (χ1v) is 15.3. The molecule has 0 saturated carbocycles. The van der Waals surface area contributed by atoms with Crippen LogP contribution in [0.3, 0.4) is 0 Å². The van der Waals surface area contributed by atoms with Gasteiger partial charge < -0.3 is 10.1 Å². The molecule has 5 rings (SSSR count). The van der Waals surface area contributed by atoms with Crippen LogP contribution in [0.4, 0.5) is 5.00 Å². The number of hydrogen-bond acceptors (Lipinski definition) is 8. The van der Waals surface area contributed by atoms with Gasteiger partial charge in [0.05, 0.1) is 12.9 Å². The third-order valence-corrected chi connectivity index (χ3v) is 9.56. The molecule has 1 aliphatic rings. The molecule has 1 unspecified atom stereocenters. The predicted molar refractivity (Wildman–Crippen MR) is 155 cm³/mol. The normalized spacial score (nSPS) is 14.9. The van der Waals surface area contributed by atoms with E-state index in [1.165, 1.54) is 52.6 Å². The maximum atomic E-state index is 13.0. The smallest absolute Gasteiger partial charge is 0.341 e. The maximum Gasteiger partial charge on any atom is 0.341 e. The number of hydrogen-bond donors (Lipinski definition) is 1. The molecule has 1 atom stereocenters. The van der Waals surface area contributed by atoms with Crippen molar-refractivity contribution in [3.05, 3.63) is 57.1 Å². The summed E-state index contributed by atoms with van der Waals surface area (Å²) in [6.07, 6.45) is 3.38. The second-order valence-corrected chi connectivity index (χ2v) is 12.5. The van der Waals surface area contributed by atoms with Crippen LogP contribution in [0.2, 0.25) is 0 Å². The Kier molecular flexibility index (Phi) is 8.01. The molecule has 3 heterocycles. The van der Waals surface area contributed by atoms with Crippen LogP contribution in [0, 0.1) is 5.92 Å². The standard InChI is InChI=1S/C28H30N4O3S3/c1-16(2)32-25(21-14-36-22-12-17(3)10-11-19(21)22)30-31-28(32)38-15-23(33)29-26-24(27(34)35-4)20(13-37-26)18-8-6-5-7-9-18/h5-9,13-14,16-17H,10-12,15H2,1-4H3,(H,29,33). The van der Waals surface area contributed by atoms with Crippen molar-refractivity contribution in [2.75, 3.05) is 18.2 Å². The SMILES string of the molecule is COC(=O)c1c(-c2ccccc2)csc1NC(=O)CSc1nnc(-c2csc3c2CCC(C)C3)n1C(C)C. The molecule has 38 heavy (non-hydrogen) atoms. The Balaban J connectivity index is 1.34. The molecule has 1 aliphatic carbocycles. The van der Waals surface area contributed by atoms with Gasteiger partial charge >= 0.3 is 5.97 Å². The van der Waals surface area contributed by atoms with Crippen LogP contribution >= 0.6 is 34.4 Å². The molecule has 1 N–H and O–H groups in total. The molecule has 0 radical (unpaired) electrons. The molecular weight excluding hydrogens is 537 g/mol. The molecule has 1 amide bonds. The number of esters is 1. The molecule has 0 spiro atoms. The van der Waals surface area contributed by atoms with Crippen LogP contribution in [-0.4, -0.2) is 39.5 Å². The summed E-state index contributed by atoms with van der Waals surface area (Å²) in [5, 5.41) is 17.2. The lowest BCUT2D eigenvalue weighted by Gasteiger charge is -2.19. The van der Waals surface area contributed by atoms with Crippen molar-refractivity contribution in [3.63, 3.8) is 0 Å². The van der Waals surface area contributed by atoms with Crippen molar-refractivity contribution in [2.24, 2.45) is 5.92 Å². The molecule has 198 valence electrons. The van der Waals surface area contributed by atoms with Crippen LogP contribution in [0.1, 0.15) is 54.0 Å². The van der Waals surface area contributed by atoms with E-state index >= 15 is 0 Å². The third-order valence-electron chi connectivity index (χ3n) is 6.67. The monoisotopic (exact) mass is 566 g/mol. The molecule has 10 heteroatoms. The Morgan fingerprint density at radius 1 is 1.16 bits per heavy atom. The van der Waals surface area contributed by atoms with Crippen molar-refractivity contribution in [3.8, 4) is 22.5 Å². The second kappa shape index (κ2) is 11.4. The lowest BCUT2D eigenvalue weighted by molar-refractivity contribution is -0.113. The van der Waals surface area contributed by atoms with Gasteiger partial charge in [-0.1, -0.05) is 49.0 Å². The summed E-state index contributed by atoms with van der Waals surface area (Å²) in [7, 11) is 1.34. The summed E-state index contributed by atoms with van der Waals surface area (Å²) in [5.74, 6) is 1.03. The Labute approximate surface area is 234 Å². The van der Waals surface area contributed by atoms with Crippen LogP contribution in [0.15, 0.2) is 46.2 Å². The van der Waals surface area contributed by atoms with E-state index in [0.29, 0.717) is 21.6 Å². The van der Waals surface area contributed by atoms with Gasteiger partial charge in [0, 0.05) is 32.8 Å². The van der Waals surface area contributed by atoms with Crippen molar-refractivity contribution >= 4 is 51.3 Å². The summed E-state index contributed by atoms with van der Waals surface area (Å²) in [6, 6.07) is 9.74. The zero-order chi connectivity index (χ0) is 26.8. The van der Waals surface area contributed by atoms with Crippen LogP contribution in [-0.2, 0) is 22.4 Å². The van der Waals surface area contributed by atoms with E-state index < -0.39 is 5.97 Å². The number of carbonyl (C=O) groups is 2. The number of benzene rings is 1. The lowest BCUT2D eigenvalue weighted by atomic mass is 9.88. The first-order chi connectivity index (χ1) is 18.4. The molecular formula is C28H30N4O3S3. The van der Waals surface area contributed by atoms with Crippen molar-refractivity contribution < 1.29 is 14.3 Å². The summed E-state index contributed by atoms with van der Waals surface area (Å²) in [6.45, 7) is 6.53. The number of rotatable bonds is 8. The number of methoxy groups -OCH3 is 1. The fourth-order valence-corrected chi connectivity index (χ4v) is 7.85. The van der Waals surface area contributed by atoms with Crippen molar-refractivity contribution in [2.45, 2.75) is 51.2 Å². The van der Waals surface area contributed by atoms with E-state index in [4.69, 9.17) is 4.74 Å². The van der Waals surface area contributed by atoms with Crippen LogP contribution in [0.5, 0.6) is 0 Å². The van der Waals surface area contributed by atoms with Crippen LogP contribution < -0.4 is 5.32 Å². The summed E-state index contributed by atoms with van der Waals surface area (Å²) in [4.78, 5) is 27.1. The minimum atomic E-state index is -0.481. The molecule has 7 nitrogen and oxygen atoms in total.